The van der Waals surface area contributed by atoms with Gasteiger partial charge in [-0.1, -0.05) is 54.6 Å². The van der Waals surface area contributed by atoms with E-state index in [0.29, 0.717) is 0 Å². The summed E-state index contributed by atoms with van der Waals surface area (Å²) >= 11 is 0. The number of aldehydes is 1. The second-order valence-electron chi connectivity index (χ2n) is 6.30. The second-order valence-corrected chi connectivity index (χ2v) is 6.30. The standard InChI is InChI=1S/C23H18O2/c24-15-18-7-4-10-22-21(18)12-11-17-6-1-2-9-20(17)23(22)14-16-5-3-8-19(25)13-16/h1-10,13-15,25H,11-12H2/b23-14+. The average molecular weight is 326 g/mol. The number of aromatic hydroxyl groups is 1. The molecule has 0 unspecified atom stereocenters. The first-order valence-corrected chi connectivity index (χ1v) is 8.43. The SMILES string of the molecule is O=Cc1cccc2c1CCc1ccccc1/C2=C\c1cccc(O)c1. The maximum absolute atomic E-state index is 11.5. The maximum Gasteiger partial charge on any atom is 0.150 e. The molecule has 0 heterocycles. The zero-order chi connectivity index (χ0) is 17.2. The molecule has 3 aromatic rings. The number of fused-ring (bicyclic) bond motifs is 2. The number of carbonyl (C=O) groups is 1. The number of rotatable bonds is 2. The van der Waals surface area contributed by atoms with E-state index in [2.05, 4.69) is 30.3 Å². The van der Waals surface area contributed by atoms with Gasteiger partial charge in [0.15, 0.2) is 0 Å². The molecule has 0 aromatic heterocycles. The Kier molecular flexibility index (Phi) is 3.95. The molecule has 0 radical (unpaired) electrons. The van der Waals surface area contributed by atoms with Crippen molar-refractivity contribution in [2.45, 2.75) is 12.8 Å². The summed E-state index contributed by atoms with van der Waals surface area (Å²) in [5.41, 5.74) is 7.45. The minimum absolute atomic E-state index is 0.248. The van der Waals surface area contributed by atoms with Crippen LogP contribution < -0.4 is 0 Å². The first kappa shape index (κ1) is 15.4. The number of benzene rings is 3. The Bertz CT molecular complexity index is 983. The van der Waals surface area contributed by atoms with Crippen molar-refractivity contribution in [3.05, 3.63) is 100 Å². The lowest BCUT2D eigenvalue weighted by atomic mass is 9.91. The van der Waals surface area contributed by atoms with Crippen LogP contribution in [-0.4, -0.2) is 11.4 Å². The van der Waals surface area contributed by atoms with Crippen molar-refractivity contribution in [1.29, 1.82) is 0 Å². The van der Waals surface area contributed by atoms with Gasteiger partial charge in [-0.05, 0) is 64.4 Å². The predicted molar refractivity (Wildman–Crippen MR) is 101 cm³/mol. The number of hydrogen-bond donors (Lipinski definition) is 1. The molecule has 0 amide bonds. The van der Waals surface area contributed by atoms with E-state index in [1.165, 1.54) is 11.1 Å². The summed E-state index contributed by atoms with van der Waals surface area (Å²) in [6.45, 7) is 0. The summed E-state index contributed by atoms with van der Waals surface area (Å²) in [6.07, 6.45) is 4.79. The van der Waals surface area contributed by atoms with Crippen LogP contribution in [0.3, 0.4) is 0 Å². The van der Waals surface area contributed by atoms with Crippen molar-refractivity contribution in [2.24, 2.45) is 0 Å². The summed E-state index contributed by atoms with van der Waals surface area (Å²) < 4.78 is 0. The smallest absolute Gasteiger partial charge is 0.150 e. The average Bonchev–Trinajstić information content (AvgIpc) is 2.79. The Hall–Kier alpha value is -3.13. The third-order valence-electron chi connectivity index (χ3n) is 4.76. The van der Waals surface area contributed by atoms with Gasteiger partial charge in [-0.3, -0.25) is 4.79 Å². The van der Waals surface area contributed by atoms with Crippen LogP contribution in [0.1, 0.15) is 38.2 Å². The molecule has 0 bridgehead atoms. The molecule has 0 saturated carbocycles. The van der Waals surface area contributed by atoms with Gasteiger partial charge in [-0.15, -0.1) is 0 Å². The van der Waals surface area contributed by atoms with Gasteiger partial charge in [0, 0.05) is 5.56 Å². The molecule has 25 heavy (non-hydrogen) atoms. The lowest BCUT2D eigenvalue weighted by Gasteiger charge is -2.13. The highest BCUT2D eigenvalue weighted by Gasteiger charge is 2.19. The van der Waals surface area contributed by atoms with E-state index in [9.17, 15) is 9.90 Å². The summed E-state index contributed by atoms with van der Waals surface area (Å²) in [5, 5.41) is 9.80. The molecule has 0 fully saturated rings. The molecular formula is C23H18O2. The lowest BCUT2D eigenvalue weighted by molar-refractivity contribution is 0.112. The van der Waals surface area contributed by atoms with E-state index in [4.69, 9.17) is 0 Å². The fourth-order valence-electron chi connectivity index (χ4n) is 3.59. The number of carbonyl (C=O) groups excluding carboxylic acids is 1. The van der Waals surface area contributed by atoms with Gasteiger partial charge < -0.3 is 5.11 Å². The van der Waals surface area contributed by atoms with Gasteiger partial charge in [-0.2, -0.15) is 0 Å². The minimum Gasteiger partial charge on any atom is -0.508 e. The van der Waals surface area contributed by atoms with Crippen LogP contribution >= 0.6 is 0 Å². The minimum atomic E-state index is 0.248. The summed E-state index contributed by atoms with van der Waals surface area (Å²) in [7, 11) is 0. The Morgan fingerprint density at radius 1 is 0.840 bits per heavy atom. The molecule has 1 aliphatic carbocycles. The Morgan fingerprint density at radius 2 is 1.64 bits per heavy atom. The van der Waals surface area contributed by atoms with Crippen LogP contribution in [0.15, 0.2) is 66.7 Å². The van der Waals surface area contributed by atoms with Crippen LogP contribution in [0.2, 0.25) is 0 Å². The molecule has 0 spiro atoms. The van der Waals surface area contributed by atoms with Gasteiger partial charge in [0.2, 0.25) is 0 Å². The van der Waals surface area contributed by atoms with Crippen molar-refractivity contribution in [2.75, 3.05) is 0 Å². The number of aryl methyl sites for hydroxylation is 1. The molecule has 3 aromatic carbocycles. The highest BCUT2D eigenvalue weighted by molar-refractivity contribution is 5.96. The van der Waals surface area contributed by atoms with Gasteiger partial charge in [0.05, 0.1) is 0 Å². The van der Waals surface area contributed by atoms with Gasteiger partial charge in [0.25, 0.3) is 0 Å². The highest BCUT2D eigenvalue weighted by atomic mass is 16.3. The highest BCUT2D eigenvalue weighted by Crippen LogP contribution is 2.36. The molecule has 0 aliphatic heterocycles. The van der Waals surface area contributed by atoms with Gasteiger partial charge in [-0.25, -0.2) is 0 Å². The van der Waals surface area contributed by atoms with Gasteiger partial charge >= 0.3 is 0 Å². The topological polar surface area (TPSA) is 37.3 Å². The monoisotopic (exact) mass is 326 g/mol. The largest absolute Gasteiger partial charge is 0.508 e. The molecule has 1 N–H and O–H groups in total. The van der Waals surface area contributed by atoms with Crippen molar-refractivity contribution in [3.8, 4) is 5.75 Å². The van der Waals surface area contributed by atoms with E-state index in [0.717, 1.165) is 47.0 Å². The van der Waals surface area contributed by atoms with Gasteiger partial charge in [0.1, 0.15) is 12.0 Å². The zero-order valence-electron chi connectivity index (χ0n) is 13.8. The molecule has 4 rings (SSSR count). The quantitative estimate of drug-likeness (QED) is 0.681. The predicted octanol–water partition coefficient (Wildman–Crippen LogP) is 4.89. The zero-order valence-corrected chi connectivity index (χ0v) is 13.8. The Balaban J connectivity index is 2.00. The van der Waals surface area contributed by atoms with E-state index < -0.39 is 0 Å². The molecule has 2 heteroatoms. The van der Waals surface area contributed by atoms with Crippen molar-refractivity contribution < 1.29 is 9.90 Å². The van der Waals surface area contributed by atoms with E-state index in [-0.39, 0.29) is 5.75 Å². The second kappa shape index (κ2) is 6.40. The van der Waals surface area contributed by atoms with Crippen molar-refractivity contribution >= 4 is 17.9 Å². The van der Waals surface area contributed by atoms with Crippen LogP contribution in [0.5, 0.6) is 5.75 Å². The number of hydrogen-bond acceptors (Lipinski definition) is 2. The Labute approximate surface area is 147 Å². The van der Waals surface area contributed by atoms with E-state index in [1.54, 1.807) is 12.1 Å². The fraction of sp³-hybridized carbons (Fsp3) is 0.0870. The maximum atomic E-state index is 11.5. The normalized spacial score (nSPS) is 14.5. The number of phenolic OH excluding ortho intramolecular Hbond substituents is 1. The Morgan fingerprint density at radius 3 is 2.48 bits per heavy atom. The first-order chi connectivity index (χ1) is 12.3. The molecule has 0 saturated heterocycles. The van der Waals surface area contributed by atoms with E-state index in [1.807, 2.05) is 30.3 Å². The summed E-state index contributed by atoms with van der Waals surface area (Å²) in [5.74, 6) is 0.248. The third-order valence-corrected chi connectivity index (χ3v) is 4.76. The fourth-order valence-corrected chi connectivity index (χ4v) is 3.59. The molecule has 2 nitrogen and oxygen atoms in total. The first-order valence-electron chi connectivity index (χ1n) is 8.43. The van der Waals surface area contributed by atoms with Crippen LogP contribution in [0.4, 0.5) is 0 Å². The molecular weight excluding hydrogens is 308 g/mol. The summed E-state index contributed by atoms with van der Waals surface area (Å²) in [6, 6.07) is 21.5. The van der Waals surface area contributed by atoms with Crippen LogP contribution in [0, 0.1) is 0 Å². The van der Waals surface area contributed by atoms with Crippen LogP contribution in [0.25, 0.3) is 11.6 Å². The third kappa shape index (κ3) is 2.87. The lowest BCUT2D eigenvalue weighted by Crippen LogP contribution is -1.98. The molecule has 122 valence electrons. The number of phenols is 1. The summed E-state index contributed by atoms with van der Waals surface area (Å²) in [4.78, 5) is 11.5. The van der Waals surface area contributed by atoms with Crippen molar-refractivity contribution in [1.82, 2.24) is 0 Å². The molecule has 1 aliphatic rings. The van der Waals surface area contributed by atoms with Crippen LogP contribution in [-0.2, 0) is 12.8 Å². The van der Waals surface area contributed by atoms with E-state index >= 15 is 0 Å². The van der Waals surface area contributed by atoms with Crippen molar-refractivity contribution in [3.63, 3.8) is 0 Å². The molecule has 0 atom stereocenters.